The summed E-state index contributed by atoms with van der Waals surface area (Å²) >= 11 is 0.879. The van der Waals surface area contributed by atoms with E-state index in [1.807, 2.05) is 19.1 Å². The second-order valence-electron chi connectivity index (χ2n) is 6.83. The highest BCUT2D eigenvalue weighted by atomic mass is 32.2. The number of sulfone groups is 1. The number of hydrogen-bond acceptors (Lipinski definition) is 6. The van der Waals surface area contributed by atoms with E-state index in [0.717, 1.165) is 23.3 Å². The minimum absolute atomic E-state index is 0.00990. The molecule has 0 bridgehead atoms. The van der Waals surface area contributed by atoms with Crippen molar-refractivity contribution in [2.75, 3.05) is 11.1 Å². The Labute approximate surface area is 152 Å². The second-order valence-corrected chi connectivity index (χ2v) is 10.1. The zero-order valence-electron chi connectivity index (χ0n) is 14.9. The fourth-order valence-corrected chi connectivity index (χ4v) is 4.57. The van der Waals surface area contributed by atoms with Crippen molar-refractivity contribution in [3.63, 3.8) is 0 Å². The van der Waals surface area contributed by atoms with Gasteiger partial charge in [0.15, 0.2) is 0 Å². The van der Waals surface area contributed by atoms with Gasteiger partial charge >= 0.3 is 0 Å². The van der Waals surface area contributed by atoms with Crippen LogP contribution in [0.15, 0.2) is 28.6 Å². The van der Waals surface area contributed by atoms with Gasteiger partial charge in [-0.25, -0.2) is 8.42 Å². The third-order valence-electron chi connectivity index (χ3n) is 3.67. The van der Waals surface area contributed by atoms with Crippen LogP contribution >= 0.6 is 11.3 Å². The van der Waals surface area contributed by atoms with Crippen LogP contribution in [0.1, 0.15) is 56.5 Å². The summed E-state index contributed by atoms with van der Waals surface area (Å²) in [7, 11) is -3.43. The molecule has 6 nitrogen and oxygen atoms in total. The summed E-state index contributed by atoms with van der Waals surface area (Å²) in [5, 5.41) is 10.3. The van der Waals surface area contributed by atoms with E-state index in [9.17, 15) is 13.2 Å². The van der Waals surface area contributed by atoms with Gasteiger partial charge in [-0.15, -0.1) is 10.2 Å². The molecule has 0 saturated carbocycles. The summed E-state index contributed by atoms with van der Waals surface area (Å²) in [5.74, 6) is -0.297. The Kier molecular flexibility index (Phi) is 5.95. The van der Waals surface area contributed by atoms with Gasteiger partial charge in [0.1, 0.15) is 0 Å². The summed E-state index contributed by atoms with van der Waals surface area (Å²) in [6.45, 7) is 8.23. The lowest BCUT2D eigenvalue weighted by molar-refractivity contribution is 0.102. The lowest BCUT2D eigenvalue weighted by Gasteiger charge is -2.18. The average molecular weight is 382 g/mol. The largest absolute Gasteiger partial charge is 0.296 e. The van der Waals surface area contributed by atoms with E-state index in [4.69, 9.17) is 0 Å². The van der Waals surface area contributed by atoms with Gasteiger partial charge in [-0.1, -0.05) is 57.6 Å². The predicted octanol–water partition coefficient (Wildman–Crippen LogP) is 3.66. The summed E-state index contributed by atoms with van der Waals surface area (Å²) < 4.78 is 24.1. The van der Waals surface area contributed by atoms with E-state index >= 15 is 0 Å². The number of nitrogens with one attached hydrogen (secondary N) is 1. The van der Waals surface area contributed by atoms with Crippen LogP contribution in [0.4, 0.5) is 5.13 Å². The predicted molar refractivity (Wildman–Crippen MR) is 100.0 cm³/mol. The molecule has 1 N–H and O–H groups in total. The fraction of sp³-hybridized carbons (Fsp3) is 0.471. The van der Waals surface area contributed by atoms with Crippen molar-refractivity contribution in [3.05, 3.63) is 35.4 Å². The maximum atomic E-state index is 12.3. The van der Waals surface area contributed by atoms with Gasteiger partial charge in [0.05, 0.1) is 5.75 Å². The Morgan fingerprint density at radius 3 is 2.36 bits per heavy atom. The summed E-state index contributed by atoms with van der Waals surface area (Å²) in [6, 6.07) is 7.32. The van der Waals surface area contributed by atoms with Crippen LogP contribution in [0, 0.1) is 0 Å². The number of amides is 1. The van der Waals surface area contributed by atoms with E-state index in [2.05, 4.69) is 36.3 Å². The first-order valence-corrected chi connectivity index (χ1v) is 10.6. The van der Waals surface area contributed by atoms with Crippen molar-refractivity contribution >= 4 is 32.2 Å². The Bertz CT molecular complexity index is 835. The maximum absolute atomic E-state index is 12.3. The Hall–Kier alpha value is -1.80. The molecule has 0 fully saturated rings. The minimum Gasteiger partial charge on any atom is -0.296 e. The van der Waals surface area contributed by atoms with Gasteiger partial charge in [0.25, 0.3) is 5.91 Å². The molecule has 2 aromatic rings. The zero-order chi connectivity index (χ0) is 18.7. The molecule has 0 saturated heterocycles. The van der Waals surface area contributed by atoms with Crippen LogP contribution in [0.5, 0.6) is 0 Å². The molecule has 25 heavy (non-hydrogen) atoms. The number of carbonyl (C=O) groups excluding carboxylic acids is 1. The highest BCUT2D eigenvalue weighted by molar-refractivity contribution is 7.93. The SMILES string of the molecule is CCCCS(=O)(=O)c1nnc(NC(=O)c2ccc(C(C)(C)C)cc2)s1. The third-order valence-corrected chi connectivity index (χ3v) is 6.76. The summed E-state index contributed by atoms with van der Waals surface area (Å²) in [6.07, 6.45) is 1.36. The number of hydrogen-bond donors (Lipinski definition) is 1. The molecule has 1 heterocycles. The molecule has 2 rings (SSSR count). The maximum Gasteiger partial charge on any atom is 0.257 e. The molecule has 0 aliphatic rings. The highest BCUT2D eigenvalue weighted by Gasteiger charge is 2.21. The van der Waals surface area contributed by atoms with Crippen LogP contribution in [0.3, 0.4) is 0 Å². The molecule has 0 aliphatic carbocycles. The number of unbranched alkanes of at least 4 members (excludes halogenated alkanes) is 1. The number of aromatic nitrogens is 2. The second kappa shape index (κ2) is 7.61. The smallest absolute Gasteiger partial charge is 0.257 e. The molecule has 0 unspecified atom stereocenters. The third kappa shape index (κ3) is 5.09. The summed E-state index contributed by atoms with van der Waals surface area (Å²) in [4.78, 5) is 12.3. The van der Waals surface area contributed by atoms with E-state index < -0.39 is 9.84 Å². The van der Waals surface area contributed by atoms with Crippen LogP contribution in [0.25, 0.3) is 0 Å². The van der Waals surface area contributed by atoms with Gasteiger partial charge in [-0.2, -0.15) is 0 Å². The molecule has 0 atom stereocenters. The molecule has 1 amide bonds. The van der Waals surface area contributed by atoms with Gasteiger partial charge < -0.3 is 0 Å². The lowest BCUT2D eigenvalue weighted by Crippen LogP contribution is -2.14. The lowest BCUT2D eigenvalue weighted by atomic mass is 9.87. The summed E-state index contributed by atoms with van der Waals surface area (Å²) in [5.41, 5.74) is 1.62. The van der Waals surface area contributed by atoms with Gasteiger partial charge in [-0.3, -0.25) is 10.1 Å². The monoisotopic (exact) mass is 381 g/mol. The van der Waals surface area contributed by atoms with Crippen LogP contribution in [-0.2, 0) is 15.3 Å². The quantitative estimate of drug-likeness (QED) is 0.771. The van der Waals surface area contributed by atoms with Crippen LogP contribution < -0.4 is 5.32 Å². The fourth-order valence-electron chi connectivity index (χ4n) is 2.10. The number of benzene rings is 1. The Morgan fingerprint density at radius 2 is 1.80 bits per heavy atom. The molecule has 136 valence electrons. The van der Waals surface area contributed by atoms with Crippen molar-refractivity contribution in [1.29, 1.82) is 0 Å². The van der Waals surface area contributed by atoms with Crippen molar-refractivity contribution < 1.29 is 13.2 Å². The first kappa shape index (κ1) is 19.5. The van der Waals surface area contributed by atoms with E-state index in [0.29, 0.717) is 12.0 Å². The molecule has 0 aliphatic heterocycles. The van der Waals surface area contributed by atoms with Crippen molar-refractivity contribution in [2.24, 2.45) is 0 Å². The van der Waals surface area contributed by atoms with E-state index in [-0.39, 0.29) is 26.5 Å². The molecule has 1 aromatic carbocycles. The van der Waals surface area contributed by atoms with Crippen molar-refractivity contribution in [2.45, 2.75) is 50.3 Å². The average Bonchev–Trinajstić information content (AvgIpc) is 3.01. The molecule has 8 heteroatoms. The van der Waals surface area contributed by atoms with Gasteiger partial charge in [-0.05, 0) is 29.5 Å². The van der Waals surface area contributed by atoms with Crippen LogP contribution in [0.2, 0.25) is 0 Å². The first-order chi connectivity index (χ1) is 11.6. The van der Waals surface area contributed by atoms with E-state index in [1.165, 1.54) is 0 Å². The van der Waals surface area contributed by atoms with Crippen molar-refractivity contribution in [1.82, 2.24) is 10.2 Å². The Morgan fingerprint density at radius 1 is 1.16 bits per heavy atom. The van der Waals surface area contributed by atoms with Crippen molar-refractivity contribution in [3.8, 4) is 0 Å². The van der Waals surface area contributed by atoms with E-state index in [1.54, 1.807) is 12.1 Å². The Balaban J connectivity index is 2.09. The van der Waals surface area contributed by atoms with Gasteiger partial charge in [0.2, 0.25) is 19.3 Å². The van der Waals surface area contributed by atoms with Crippen LogP contribution in [-0.4, -0.2) is 30.3 Å². The molecule has 0 spiro atoms. The number of anilines is 1. The highest BCUT2D eigenvalue weighted by Crippen LogP contribution is 2.24. The minimum atomic E-state index is -3.43. The van der Waals surface area contributed by atoms with Gasteiger partial charge in [0, 0.05) is 5.56 Å². The standard InChI is InChI=1S/C17H23N3O3S2/c1-5-6-11-25(22,23)16-20-19-15(24-16)18-14(21)12-7-9-13(10-8-12)17(2,3)4/h7-10H,5-6,11H2,1-4H3,(H,18,19,21). The molecular weight excluding hydrogens is 358 g/mol. The molecule has 1 aromatic heterocycles. The number of nitrogens with zero attached hydrogens (tertiary/aromatic N) is 2. The first-order valence-electron chi connectivity index (χ1n) is 8.11. The molecule has 0 radical (unpaired) electrons. The normalized spacial score (nSPS) is 12.2. The molecular formula is C17H23N3O3S2. The number of rotatable bonds is 6. The topological polar surface area (TPSA) is 89.0 Å². The zero-order valence-corrected chi connectivity index (χ0v) is 16.5. The number of carbonyl (C=O) groups is 1.